The van der Waals surface area contributed by atoms with Crippen molar-refractivity contribution in [3.63, 3.8) is 0 Å². The molecule has 0 aliphatic heterocycles. The fraction of sp³-hybridized carbons (Fsp3) is 0.227. The highest BCUT2D eigenvalue weighted by Crippen LogP contribution is 2.20. The molecule has 32 heavy (non-hydrogen) atoms. The van der Waals surface area contributed by atoms with Crippen molar-refractivity contribution in [2.24, 2.45) is 4.99 Å². The molecule has 4 aromatic rings. The third-order valence-electron chi connectivity index (χ3n) is 4.84. The van der Waals surface area contributed by atoms with Crippen LogP contribution in [-0.2, 0) is 12.8 Å². The molecule has 0 aliphatic rings. The van der Waals surface area contributed by atoms with Gasteiger partial charge in [-0.3, -0.25) is 4.99 Å². The van der Waals surface area contributed by atoms with E-state index in [1.165, 1.54) is 12.1 Å². The first kappa shape index (κ1) is 24.0. The summed E-state index contributed by atoms with van der Waals surface area (Å²) in [6.45, 7) is 1.28. The van der Waals surface area contributed by atoms with Gasteiger partial charge in [-0.2, -0.15) is 4.98 Å². The second kappa shape index (κ2) is 11.3. The summed E-state index contributed by atoms with van der Waals surface area (Å²) >= 11 is 5.91. The third-order valence-corrected chi connectivity index (χ3v) is 5.09. The van der Waals surface area contributed by atoms with Crippen LogP contribution >= 0.6 is 35.6 Å². The lowest BCUT2D eigenvalue weighted by molar-refractivity contribution is 0.378. The number of H-pyrrole nitrogens is 1. The smallest absolute Gasteiger partial charge is 0.228 e. The van der Waals surface area contributed by atoms with Crippen molar-refractivity contribution in [1.82, 2.24) is 25.8 Å². The topological polar surface area (TPSA) is 91.1 Å². The number of hydrogen-bond donors (Lipinski definition) is 3. The van der Waals surface area contributed by atoms with Crippen molar-refractivity contribution >= 4 is 52.4 Å². The molecule has 10 heteroatoms. The van der Waals surface area contributed by atoms with E-state index in [2.05, 4.69) is 30.8 Å². The molecule has 2 heterocycles. The van der Waals surface area contributed by atoms with E-state index < -0.39 is 0 Å². The van der Waals surface area contributed by atoms with Gasteiger partial charge in [-0.05, 0) is 54.4 Å². The SMILES string of the molecule is CN=C(NCCc1nc(-c2ccc(Cl)cc2)no1)NCCc1c[nH]c2cc(F)ccc12.I. The molecule has 0 saturated heterocycles. The van der Waals surface area contributed by atoms with Crippen LogP contribution in [0.1, 0.15) is 11.5 Å². The number of fused-ring (bicyclic) bond motifs is 1. The highest BCUT2D eigenvalue weighted by atomic mass is 127. The Morgan fingerprint density at radius 1 is 1.12 bits per heavy atom. The average molecular weight is 569 g/mol. The van der Waals surface area contributed by atoms with Gasteiger partial charge in [-0.15, -0.1) is 24.0 Å². The van der Waals surface area contributed by atoms with E-state index in [4.69, 9.17) is 16.1 Å². The minimum absolute atomic E-state index is 0. The standard InChI is InChI=1S/C22H22ClFN6O.HI/c1-25-22(26-10-8-15-13-28-19-12-17(24)6-7-18(15)19)27-11-9-20-29-21(30-31-20)14-2-4-16(23)5-3-14;/h2-7,12-13,28H,8-11H2,1H3,(H2,25,26,27);1H. The van der Waals surface area contributed by atoms with Crippen molar-refractivity contribution in [3.8, 4) is 11.4 Å². The Balaban J connectivity index is 0.00000289. The zero-order chi connectivity index (χ0) is 21.6. The predicted octanol–water partition coefficient (Wildman–Crippen LogP) is 4.58. The molecule has 0 bridgehead atoms. The number of aromatic amines is 1. The van der Waals surface area contributed by atoms with E-state index in [1.54, 1.807) is 25.2 Å². The van der Waals surface area contributed by atoms with Gasteiger partial charge >= 0.3 is 0 Å². The van der Waals surface area contributed by atoms with Crippen LogP contribution < -0.4 is 10.6 Å². The number of rotatable bonds is 7. The summed E-state index contributed by atoms with van der Waals surface area (Å²) < 4.78 is 18.6. The maximum Gasteiger partial charge on any atom is 0.228 e. The maximum atomic E-state index is 13.3. The molecule has 0 fully saturated rings. The largest absolute Gasteiger partial charge is 0.361 e. The van der Waals surface area contributed by atoms with E-state index >= 15 is 0 Å². The van der Waals surface area contributed by atoms with E-state index in [0.717, 1.165) is 28.5 Å². The van der Waals surface area contributed by atoms with Crippen LogP contribution in [0.2, 0.25) is 5.02 Å². The number of aromatic nitrogens is 3. The lowest BCUT2D eigenvalue weighted by Gasteiger charge is -2.10. The van der Waals surface area contributed by atoms with Crippen molar-refractivity contribution in [1.29, 1.82) is 0 Å². The Labute approximate surface area is 206 Å². The molecular weight excluding hydrogens is 546 g/mol. The first-order valence-electron chi connectivity index (χ1n) is 9.91. The van der Waals surface area contributed by atoms with E-state index in [9.17, 15) is 4.39 Å². The molecule has 0 spiro atoms. The molecule has 3 N–H and O–H groups in total. The molecule has 4 rings (SSSR count). The van der Waals surface area contributed by atoms with Gasteiger partial charge in [0.15, 0.2) is 5.96 Å². The Kier molecular flexibility index (Phi) is 8.46. The second-order valence-corrected chi connectivity index (χ2v) is 7.38. The first-order valence-corrected chi connectivity index (χ1v) is 10.3. The predicted molar refractivity (Wildman–Crippen MR) is 135 cm³/mol. The number of aliphatic imine (C=N–C) groups is 1. The van der Waals surface area contributed by atoms with Gasteiger partial charge in [0.05, 0.1) is 0 Å². The molecule has 2 aromatic heterocycles. The van der Waals surface area contributed by atoms with Gasteiger partial charge in [0, 0.05) is 54.2 Å². The molecule has 0 amide bonds. The van der Waals surface area contributed by atoms with Crippen LogP contribution in [0.3, 0.4) is 0 Å². The average Bonchev–Trinajstić information content (AvgIpc) is 3.40. The summed E-state index contributed by atoms with van der Waals surface area (Å²) in [6.07, 6.45) is 3.26. The van der Waals surface area contributed by atoms with Gasteiger partial charge in [-0.1, -0.05) is 16.8 Å². The van der Waals surface area contributed by atoms with Gasteiger partial charge in [-0.25, -0.2) is 4.39 Å². The Hall–Kier alpha value is -2.66. The highest BCUT2D eigenvalue weighted by molar-refractivity contribution is 14.0. The summed E-state index contributed by atoms with van der Waals surface area (Å²) in [5.41, 5.74) is 2.78. The van der Waals surface area contributed by atoms with Crippen LogP contribution in [0.25, 0.3) is 22.3 Å². The van der Waals surface area contributed by atoms with Gasteiger partial charge in [0.25, 0.3) is 0 Å². The van der Waals surface area contributed by atoms with Crippen LogP contribution in [-0.4, -0.2) is 41.2 Å². The molecule has 168 valence electrons. The molecule has 0 unspecified atom stereocenters. The summed E-state index contributed by atoms with van der Waals surface area (Å²) in [5.74, 6) is 1.51. The number of halogens is 3. The third kappa shape index (κ3) is 5.98. The van der Waals surface area contributed by atoms with Crippen molar-refractivity contribution in [2.45, 2.75) is 12.8 Å². The fourth-order valence-corrected chi connectivity index (χ4v) is 3.39. The van der Waals surface area contributed by atoms with Gasteiger partial charge < -0.3 is 20.1 Å². The minimum atomic E-state index is -0.245. The van der Waals surface area contributed by atoms with Gasteiger partial charge in [0.2, 0.25) is 11.7 Å². The summed E-state index contributed by atoms with van der Waals surface area (Å²) in [4.78, 5) is 11.8. The molecule has 2 aromatic carbocycles. The zero-order valence-electron chi connectivity index (χ0n) is 17.4. The van der Waals surface area contributed by atoms with Crippen molar-refractivity contribution in [3.05, 3.63) is 71.0 Å². The van der Waals surface area contributed by atoms with Crippen LogP contribution in [0.15, 0.2) is 58.2 Å². The molecule has 0 aliphatic carbocycles. The molecule has 7 nitrogen and oxygen atoms in total. The van der Waals surface area contributed by atoms with Crippen LogP contribution in [0, 0.1) is 5.82 Å². The zero-order valence-corrected chi connectivity index (χ0v) is 20.4. The lowest BCUT2D eigenvalue weighted by atomic mass is 10.1. The molecular formula is C22H23ClFIN6O. The molecule has 0 saturated carbocycles. The van der Waals surface area contributed by atoms with E-state index in [0.29, 0.717) is 42.2 Å². The van der Waals surface area contributed by atoms with E-state index in [1.807, 2.05) is 18.3 Å². The van der Waals surface area contributed by atoms with Crippen LogP contribution in [0.5, 0.6) is 0 Å². The van der Waals surface area contributed by atoms with Gasteiger partial charge in [0.1, 0.15) is 5.82 Å². The highest BCUT2D eigenvalue weighted by Gasteiger charge is 2.09. The Bertz CT molecular complexity index is 1190. The Morgan fingerprint density at radius 2 is 1.88 bits per heavy atom. The summed E-state index contributed by atoms with van der Waals surface area (Å²) in [6, 6.07) is 12.1. The summed E-state index contributed by atoms with van der Waals surface area (Å²) in [5, 5.41) is 12.2. The summed E-state index contributed by atoms with van der Waals surface area (Å²) in [7, 11) is 1.72. The van der Waals surface area contributed by atoms with E-state index in [-0.39, 0.29) is 29.8 Å². The number of nitrogens with one attached hydrogen (secondary N) is 3. The first-order chi connectivity index (χ1) is 15.1. The van der Waals surface area contributed by atoms with Crippen molar-refractivity contribution in [2.75, 3.05) is 20.1 Å². The number of benzene rings is 2. The molecule has 0 atom stereocenters. The maximum absolute atomic E-state index is 13.3. The number of hydrogen-bond acceptors (Lipinski definition) is 4. The normalized spacial score (nSPS) is 11.4. The second-order valence-electron chi connectivity index (χ2n) is 6.95. The number of nitrogens with zero attached hydrogens (tertiary/aromatic N) is 3. The lowest BCUT2D eigenvalue weighted by Crippen LogP contribution is -2.39. The quantitative estimate of drug-likeness (QED) is 0.173. The Morgan fingerprint density at radius 3 is 2.62 bits per heavy atom. The fourth-order valence-electron chi connectivity index (χ4n) is 3.26. The number of guanidine groups is 1. The van der Waals surface area contributed by atoms with Crippen LogP contribution in [0.4, 0.5) is 4.39 Å². The minimum Gasteiger partial charge on any atom is -0.361 e. The van der Waals surface area contributed by atoms with Crippen molar-refractivity contribution < 1.29 is 8.91 Å². The monoisotopic (exact) mass is 568 g/mol. The molecule has 0 radical (unpaired) electrons.